The molecule has 1 aliphatic rings. The van der Waals surface area contributed by atoms with Crippen molar-refractivity contribution in [2.45, 2.75) is 64.1 Å². The fraction of sp³-hybridized carbons (Fsp3) is 0.355. The zero-order valence-electron chi connectivity index (χ0n) is 22.0. The van der Waals surface area contributed by atoms with Crippen molar-refractivity contribution in [2.75, 3.05) is 6.61 Å². The normalized spacial score (nSPS) is 14.5. The highest BCUT2D eigenvalue weighted by atomic mass is 35.5. The third kappa shape index (κ3) is 8.14. The van der Waals surface area contributed by atoms with Crippen molar-refractivity contribution >= 4 is 46.6 Å². The first kappa shape index (κ1) is 29.3. The largest absolute Gasteiger partial charge is 0.484 e. The van der Waals surface area contributed by atoms with Gasteiger partial charge in [-0.1, -0.05) is 90.5 Å². The van der Waals surface area contributed by atoms with Gasteiger partial charge in [-0.2, -0.15) is 0 Å². The number of nitrogens with zero attached hydrogens (tertiary/aromatic N) is 1. The molecule has 0 aliphatic heterocycles. The molecule has 1 saturated carbocycles. The zero-order chi connectivity index (χ0) is 27.8. The van der Waals surface area contributed by atoms with Crippen molar-refractivity contribution in [3.63, 3.8) is 0 Å². The highest BCUT2D eigenvalue weighted by Crippen LogP contribution is 2.28. The molecule has 8 heteroatoms. The van der Waals surface area contributed by atoms with Crippen LogP contribution in [0.25, 0.3) is 0 Å². The number of benzene rings is 3. The van der Waals surface area contributed by atoms with Crippen molar-refractivity contribution < 1.29 is 14.3 Å². The minimum atomic E-state index is -0.787. The second-order valence-electron chi connectivity index (χ2n) is 9.97. The first-order valence-corrected chi connectivity index (χ1v) is 14.4. The van der Waals surface area contributed by atoms with Crippen molar-refractivity contribution in [1.82, 2.24) is 10.2 Å². The van der Waals surface area contributed by atoms with E-state index in [0.717, 1.165) is 36.8 Å². The highest BCUT2D eigenvalue weighted by Gasteiger charge is 2.33. The summed E-state index contributed by atoms with van der Waals surface area (Å²) in [6.45, 7) is 1.68. The van der Waals surface area contributed by atoms with Gasteiger partial charge in [0.2, 0.25) is 5.91 Å². The van der Waals surface area contributed by atoms with Crippen LogP contribution in [0.4, 0.5) is 0 Å². The smallest absolute Gasteiger partial charge is 0.261 e. The summed E-state index contributed by atoms with van der Waals surface area (Å²) in [5.74, 6) is -0.0184. The number of carbonyl (C=O) groups is 2. The van der Waals surface area contributed by atoms with E-state index in [1.165, 1.54) is 6.42 Å². The molecule has 1 unspecified atom stereocenters. The van der Waals surface area contributed by atoms with Crippen LogP contribution < -0.4 is 10.1 Å². The summed E-state index contributed by atoms with van der Waals surface area (Å²) in [6.07, 6.45) is 5.56. The van der Waals surface area contributed by atoms with Gasteiger partial charge in [0.1, 0.15) is 11.8 Å². The number of rotatable bonds is 10. The van der Waals surface area contributed by atoms with E-state index in [9.17, 15) is 9.59 Å². The van der Waals surface area contributed by atoms with Crippen LogP contribution in [-0.2, 0) is 22.6 Å². The van der Waals surface area contributed by atoms with Gasteiger partial charge in [-0.05, 0) is 61.2 Å². The minimum Gasteiger partial charge on any atom is -0.484 e. The quantitative estimate of drug-likeness (QED) is 0.268. The second kappa shape index (κ2) is 14.1. The third-order valence-electron chi connectivity index (χ3n) is 7.10. The fourth-order valence-corrected chi connectivity index (χ4v) is 5.52. The molecule has 3 aromatic rings. The molecule has 5 nitrogen and oxygen atoms in total. The number of hydrogen-bond donors (Lipinski definition) is 1. The lowest BCUT2D eigenvalue weighted by atomic mass is 9.94. The second-order valence-corrected chi connectivity index (χ2v) is 11.2. The number of nitrogens with one attached hydrogen (secondary N) is 1. The van der Waals surface area contributed by atoms with Crippen LogP contribution in [0.1, 0.15) is 48.8 Å². The van der Waals surface area contributed by atoms with Crippen molar-refractivity contribution in [2.24, 2.45) is 0 Å². The molecule has 3 aromatic carbocycles. The van der Waals surface area contributed by atoms with E-state index in [1.54, 1.807) is 41.3 Å². The third-order valence-corrected chi connectivity index (χ3v) is 8.24. The number of hydrogen-bond acceptors (Lipinski definition) is 3. The SMILES string of the molecule is Cc1cc(OCC(=O)N(Cc2c(Cl)cccc2Cl)C(Cc2ccccc2)C(=O)NC2CCCCC2)ccc1Cl. The lowest BCUT2D eigenvalue weighted by molar-refractivity contribution is -0.143. The summed E-state index contributed by atoms with van der Waals surface area (Å²) in [5.41, 5.74) is 2.37. The van der Waals surface area contributed by atoms with E-state index in [2.05, 4.69) is 5.32 Å². The summed E-state index contributed by atoms with van der Waals surface area (Å²) < 4.78 is 5.87. The van der Waals surface area contributed by atoms with Crippen LogP contribution in [0.15, 0.2) is 66.7 Å². The van der Waals surface area contributed by atoms with E-state index in [4.69, 9.17) is 39.5 Å². The molecular formula is C31H33Cl3N2O3. The Hall–Kier alpha value is -2.73. The summed E-state index contributed by atoms with van der Waals surface area (Å²) in [4.78, 5) is 29.2. The van der Waals surface area contributed by atoms with Crippen LogP contribution in [0.5, 0.6) is 5.75 Å². The zero-order valence-corrected chi connectivity index (χ0v) is 24.2. The Bertz CT molecular complexity index is 1260. The standard InChI is InChI=1S/C31H33Cl3N2O3/c1-21-17-24(15-16-26(21)32)39-20-30(37)36(19-25-27(33)13-8-14-28(25)34)29(18-22-9-4-2-5-10-22)31(38)35-23-11-6-3-7-12-23/h2,4-5,8-10,13-17,23,29H,3,6-7,11-12,18-20H2,1H3,(H,35,38). The minimum absolute atomic E-state index is 0.0654. The van der Waals surface area contributed by atoms with Crippen LogP contribution in [0, 0.1) is 6.92 Å². The van der Waals surface area contributed by atoms with Crippen LogP contribution in [0.3, 0.4) is 0 Å². The molecule has 0 heterocycles. The predicted octanol–water partition coefficient (Wildman–Crippen LogP) is 7.42. The van der Waals surface area contributed by atoms with E-state index < -0.39 is 6.04 Å². The molecule has 0 aromatic heterocycles. The molecule has 2 amide bonds. The molecule has 39 heavy (non-hydrogen) atoms. The Morgan fingerprint density at radius 2 is 1.62 bits per heavy atom. The van der Waals surface area contributed by atoms with Crippen molar-refractivity contribution in [3.8, 4) is 5.75 Å². The summed E-state index contributed by atoms with van der Waals surface area (Å²) >= 11 is 19.2. The van der Waals surface area contributed by atoms with Gasteiger partial charge in [0.15, 0.2) is 6.61 Å². The van der Waals surface area contributed by atoms with Gasteiger partial charge in [-0.15, -0.1) is 0 Å². The summed E-state index contributed by atoms with van der Waals surface area (Å²) in [5, 5.41) is 4.70. The van der Waals surface area contributed by atoms with Gasteiger partial charge >= 0.3 is 0 Å². The first-order chi connectivity index (χ1) is 18.8. The number of amides is 2. The lowest BCUT2D eigenvalue weighted by Gasteiger charge is -2.33. The Kier molecular flexibility index (Phi) is 10.6. The average molecular weight is 588 g/mol. The Morgan fingerprint density at radius 3 is 2.28 bits per heavy atom. The molecule has 0 bridgehead atoms. The van der Waals surface area contributed by atoms with Gasteiger partial charge in [-0.25, -0.2) is 0 Å². The molecular weight excluding hydrogens is 555 g/mol. The Labute approximate surface area is 245 Å². The first-order valence-electron chi connectivity index (χ1n) is 13.3. The van der Waals surface area contributed by atoms with Gasteiger partial charge in [0.25, 0.3) is 5.91 Å². The maximum absolute atomic E-state index is 13.9. The molecule has 1 fully saturated rings. The van der Waals surface area contributed by atoms with E-state index in [0.29, 0.717) is 32.8 Å². The molecule has 1 aliphatic carbocycles. The molecule has 0 radical (unpaired) electrons. The predicted molar refractivity (Wildman–Crippen MR) is 158 cm³/mol. The average Bonchev–Trinajstić information content (AvgIpc) is 2.93. The van der Waals surface area contributed by atoms with Gasteiger partial charge < -0.3 is 15.0 Å². The lowest BCUT2D eigenvalue weighted by Crippen LogP contribution is -2.53. The van der Waals surface area contributed by atoms with Crippen LogP contribution >= 0.6 is 34.8 Å². The molecule has 4 rings (SSSR count). The number of halogens is 3. The van der Waals surface area contributed by atoms with Gasteiger partial charge in [0.05, 0.1) is 0 Å². The van der Waals surface area contributed by atoms with Crippen molar-refractivity contribution in [1.29, 1.82) is 0 Å². The fourth-order valence-electron chi connectivity index (χ4n) is 4.89. The number of carbonyl (C=O) groups excluding carboxylic acids is 2. The number of ether oxygens (including phenoxy) is 1. The molecule has 0 spiro atoms. The number of aryl methyl sites for hydroxylation is 1. The van der Waals surface area contributed by atoms with E-state index >= 15 is 0 Å². The topological polar surface area (TPSA) is 58.6 Å². The van der Waals surface area contributed by atoms with E-state index in [1.807, 2.05) is 37.3 Å². The molecule has 1 N–H and O–H groups in total. The van der Waals surface area contributed by atoms with Gasteiger partial charge in [-0.3, -0.25) is 9.59 Å². The summed E-state index contributed by atoms with van der Waals surface area (Å²) in [6, 6.07) is 19.4. The maximum Gasteiger partial charge on any atom is 0.261 e. The molecule has 0 saturated heterocycles. The van der Waals surface area contributed by atoms with Crippen LogP contribution in [0.2, 0.25) is 15.1 Å². The van der Waals surface area contributed by atoms with Crippen LogP contribution in [-0.4, -0.2) is 35.4 Å². The van der Waals surface area contributed by atoms with Crippen molar-refractivity contribution in [3.05, 3.63) is 98.5 Å². The monoisotopic (exact) mass is 586 g/mol. The summed E-state index contributed by atoms with van der Waals surface area (Å²) in [7, 11) is 0. The molecule has 1 atom stereocenters. The Morgan fingerprint density at radius 1 is 0.923 bits per heavy atom. The molecule has 206 valence electrons. The maximum atomic E-state index is 13.9. The Balaban J connectivity index is 1.65. The van der Waals surface area contributed by atoms with E-state index in [-0.39, 0.29) is 31.0 Å². The van der Waals surface area contributed by atoms with Gasteiger partial charge in [0, 0.05) is 39.6 Å². The highest BCUT2D eigenvalue weighted by molar-refractivity contribution is 6.36.